The highest BCUT2D eigenvalue weighted by atomic mass is 16.5. The van der Waals surface area contributed by atoms with Crippen LogP contribution in [-0.2, 0) is 6.54 Å². The van der Waals surface area contributed by atoms with Gasteiger partial charge in [-0.1, -0.05) is 13.0 Å². The van der Waals surface area contributed by atoms with Crippen LogP contribution in [0.3, 0.4) is 0 Å². The number of rotatable bonds is 5. The molecule has 2 rings (SSSR count). The summed E-state index contributed by atoms with van der Waals surface area (Å²) in [7, 11) is 1.63. The molecule has 0 amide bonds. The molecule has 1 atom stereocenters. The number of ether oxygens (including phenoxy) is 1. The molecule has 0 saturated heterocycles. The van der Waals surface area contributed by atoms with E-state index in [2.05, 4.69) is 18.0 Å². The van der Waals surface area contributed by atoms with Gasteiger partial charge in [0.15, 0.2) is 0 Å². The van der Waals surface area contributed by atoms with Gasteiger partial charge in [-0.05, 0) is 37.5 Å². The maximum Gasteiger partial charge on any atom is 0.125 e. The highest BCUT2D eigenvalue weighted by Gasteiger charge is 2.21. The number of imidazole rings is 1. The number of benzene rings is 1. The van der Waals surface area contributed by atoms with Gasteiger partial charge in [0.05, 0.1) is 25.3 Å². The lowest BCUT2D eigenvalue weighted by Crippen LogP contribution is -2.11. The van der Waals surface area contributed by atoms with Crippen LogP contribution in [0.15, 0.2) is 24.7 Å². The highest BCUT2D eigenvalue weighted by molar-refractivity contribution is 5.46. The Morgan fingerprint density at radius 3 is 2.75 bits per heavy atom. The summed E-state index contributed by atoms with van der Waals surface area (Å²) in [5.74, 6) is 0.722. The molecule has 0 saturated carbocycles. The molecule has 0 fully saturated rings. The van der Waals surface area contributed by atoms with Gasteiger partial charge in [0, 0.05) is 12.1 Å². The lowest BCUT2D eigenvalue weighted by molar-refractivity contribution is 0.203. The van der Waals surface area contributed by atoms with Gasteiger partial charge in [0.2, 0.25) is 0 Å². The standard InChI is InChI=1S/C16H22N2O2/c1-5-6-18-10-17-9-13(18)16(19)15-12(3)7-11(2)8-14(15)20-4/h7-10,16,19H,5-6H2,1-4H3. The van der Waals surface area contributed by atoms with E-state index < -0.39 is 6.10 Å². The number of hydrogen-bond acceptors (Lipinski definition) is 3. The van der Waals surface area contributed by atoms with Crippen LogP contribution in [0.1, 0.15) is 41.8 Å². The summed E-state index contributed by atoms with van der Waals surface area (Å²) in [5, 5.41) is 10.7. The van der Waals surface area contributed by atoms with Crippen molar-refractivity contribution in [2.75, 3.05) is 7.11 Å². The van der Waals surface area contributed by atoms with Gasteiger partial charge in [-0.3, -0.25) is 0 Å². The first-order valence-electron chi connectivity index (χ1n) is 6.91. The Kier molecular flexibility index (Phi) is 4.45. The van der Waals surface area contributed by atoms with E-state index in [1.807, 2.05) is 24.5 Å². The van der Waals surface area contributed by atoms with Crippen LogP contribution in [-0.4, -0.2) is 21.8 Å². The molecule has 0 aliphatic rings. The maximum absolute atomic E-state index is 10.7. The zero-order valence-electron chi connectivity index (χ0n) is 12.6. The van der Waals surface area contributed by atoms with Gasteiger partial charge in [-0.15, -0.1) is 0 Å². The minimum absolute atomic E-state index is 0.722. The molecule has 0 radical (unpaired) electrons. The van der Waals surface area contributed by atoms with E-state index in [4.69, 9.17) is 4.74 Å². The van der Waals surface area contributed by atoms with Crippen LogP contribution in [0.4, 0.5) is 0 Å². The van der Waals surface area contributed by atoms with Crippen LogP contribution in [0.2, 0.25) is 0 Å². The van der Waals surface area contributed by atoms with E-state index >= 15 is 0 Å². The number of aryl methyl sites for hydroxylation is 3. The topological polar surface area (TPSA) is 47.3 Å². The summed E-state index contributed by atoms with van der Waals surface area (Å²) in [6, 6.07) is 4.01. The molecule has 0 bridgehead atoms. The van der Waals surface area contributed by atoms with Crippen LogP contribution in [0, 0.1) is 13.8 Å². The smallest absolute Gasteiger partial charge is 0.125 e. The Morgan fingerprint density at radius 2 is 2.10 bits per heavy atom. The van der Waals surface area contributed by atoms with Crippen molar-refractivity contribution < 1.29 is 9.84 Å². The van der Waals surface area contributed by atoms with Crippen LogP contribution >= 0.6 is 0 Å². The number of hydrogen-bond donors (Lipinski definition) is 1. The summed E-state index contributed by atoms with van der Waals surface area (Å²) in [5.41, 5.74) is 3.77. The van der Waals surface area contributed by atoms with Gasteiger partial charge in [-0.2, -0.15) is 0 Å². The summed E-state index contributed by atoms with van der Waals surface area (Å²) in [6.45, 7) is 6.97. The van der Waals surface area contributed by atoms with Crippen LogP contribution < -0.4 is 4.74 Å². The van der Waals surface area contributed by atoms with Gasteiger partial charge in [0.1, 0.15) is 11.9 Å². The van der Waals surface area contributed by atoms with E-state index in [-0.39, 0.29) is 0 Å². The first kappa shape index (κ1) is 14.6. The van der Waals surface area contributed by atoms with Gasteiger partial charge in [-0.25, -0.2) is 4.98 Å². The Hall–Kier alpha value is -1.81. The first-order valence-corrected chi connectivity index (χ1v) is 6.91. The van der Waals surface area contributed by atoms with Crippen molar-refractivity contribution in [1.82, 2.24) is 9.55 Å². The number of aliphatic hydroxyl groups is 1. The fourth-order valence-corrected chi connectivity index (χ4v) is 2.59. The second-order valence-electron chi connectivity index (χ2n) is 5.11. The van der Waals surface area contributed by atoms with Gasteiger partial charge < -0.3 is 14.4 Å². The summed E-state index contributed by atoms with van der Waals surface area (Å²) < 4.78 is 7.43. The monoisotopic (exact) mass is 274 g/mol. The highest BCUT2D eigenvalue weighted by Crippen LogP contribution is 2.33. The Balaban J connectivity index is 2.47. The Bertz CT molecular complexity index is 590. The maximum atomic E-state index is 10.7. The molecule has 1 unspecified atom stereocenters. The zero-order valence-corrected chi connectivity index (χ0v) is 12.6. The fraction of sp³-hybridized carbons (Fsp3) is 0.438. The average Bonchev–Trinajstić information content (AvgIpc) is 2.85. The zero-order chi connectivity index (χ0) is 14.7. The molecule has 2 aromatic rings. The van der Waals surface area contributed by atoms with E-state index in [1.165, 1.54) is 0 Å². The average molecular weight is 274 g/mol. The second kappa shape index (κ2) is 6.09. The van der Waals surface area contributed by atoms with E-state index in [9.17, 15) is 5.11 Å². The number of nitrogens with zero attached hydrogens (tertiary/aromatic N) is 2. The summed E-state index contributed by atoms with van der Waals surface area (Å²) in [6.07, 6.45) is 3.76. The van der Waals surface area contributed by atoms with Crippen molar-refractivity contribution in [3.05, 3.63) is 47.0 Å². The van der Waals surface area contributed by atoms with Gasteiger partial charge >= 0.3 is 0 Å². The minimum Gasteiger partial charge on any atom is -0.496 e. The molecule has 1 aromatic carbocycles. The molecule has 0 aliphatic carbocycles. The number of aromatic nitrogens is 2. The molecular formula is C16H22N2O2. The third kappa shape index (κ3) is 2.70. The molecule has 1 heterocycles. The molecular weight excluding hydrogens is 252 g/mol. The minimum atomic E-state index is -0.723. The molecule has 0 aliphatic heterocycles. The lowest BCUT2D eigenvalue weighted by Gasteiger charge is -2.19. The van der Waals surface area contributed by atoms with E-state index in [0.29, 0.717) is 0 Å². The van der Waals surface area contributed by atoms with E-state index in [1.54, 1.807) is 19.6 Å². The van der Waals surface area contributed by atoms with Gasteiger partial charge in [0.25, 0.3) is 0 Å². The molecule has 0 spiro atoms. The fourth-order valence-electron chi connectivity index (χ4n) is 2.59. The molecule has 1 aromatic heterocycles. The van der Waals surface area contributed by atoms with Crippen molar-refractivity contribution in [3.63, 3.8) is 0 Å². The lowest BCUT2D eigenvalue weighted by atomic mass is 9.98. The van der Waals surface area contributed by atoms with Crippen molar-refractivity contribution in [1.29, 1.82) is 0 Å². The number of aliphatic hydroxyl groups excluding tert-OH is 1. The first-order chi connectivity index (χ1) is 9.58. The van der Waals surface area contributed by atoms with Crippen LogP contribution in [0.25, 0.3) is 0 Å². The normalized spacial score (nSPS) is 12.4. The quantitative estimate of drug-likeness (QED) is 0.911. The Morgan fingerprint density at radius 1 is 1.35 bits per heavy atom. The third-order valence-electron chi connectivity index (χ3n) is 3.48. The third-order valence-corrected chi connectivity index (χ3v) is 3.48. The summed E-state index contributed by atoms with van der Waals surface area (Å²) in [4.78, 5) is 4.15. The van der Waals surface area contributed by atoms with E-state index in [0.717, 1.165) is 41.1 Å². The molecule has 108 valence electrons. The molecule has 4 nitrogen and oxygen atoms in total. The van der Waals surface area contributed by atoms with Crippen LogP contribution in [0.5, 0.6) is 5.75 Å². The predicted octanol–water partition coefficient (Wildman–Crippen LogP) is 3.00. The van der Waals surface area contributed by atoms with Crippen molar-refractivity contribution in [3.8, 4) is 5.75 Å². The Labute approximate surface area is 120 Å². The van der Waals surface area contributed by atoms with Crippen molar-refractivity contribution >= 4 is 0 Å². The molecule has 1 N–H and O–H groups in total. The SMILES string of the molecule is CCCn1cncc1C(O)c1c(C)cc(C)cc1OC. The molecule has 20 heavy (non-hydrogen) atoms. The largest absolute Gasteiger partial charge is 0.496 e. The second-order valence-corrected chi connectivity index (χ2v) is 5.11. The predicted molar refractivity (Wildman–Crippen MR) is 79.0 cm³/mol. The molecule has 4 heteroatoms. The van der Waals surface area contributed by atoms with Crippen molar-refractivity contribution in [2.45, 2.75) is 39.8 Å². The van der Waals surface area contributed by atoms with Crippen molar-refractivity contribution in [2.24, 2.45) is 0 Å². The number of methoxy groups -OCH3 is 1. The summed E-state index contributed by atoms with van der Waals surface area (Å²) >= 11 is 0.